The van der Waals surface area contributed by atoms with Crippen molar-refractivity contribution in [2.24, 2.45) is 12.5 Å². The summed E-state index contributed by atoms with van der Waals surface area (Å²) in [4.78, 5) is 22.0. The lowest BCUT2D eigenvalue weighted by atomic mass is 9.94. The predicted molar refractivity (Wildman–Crippen MR) is 139 cm³/mol. The third-order valence-corrected chi connectivity index (χ3v) is 8.42. The lowest BCUT2D eigenvalue weighted by Gasteiger charge is -2.31. The number of carbonyl (C=O) groups is 1. The first-order valence-corrected chi connectivity index (χ1v) is 13.2. The van der Waals surface area contributed by atoms with Crippen LogP contribution in [0.4, 0.5) is 5.82 Å². The highest BCUT2D eigenvalue weighted by molar-refractivity contribution is 5.95. The number of piperidine rings is 2. The summed E-state index contributed by atoms with van der Waals surface area (Å²) in [5.41, 5.74) is 4.22. The van der Waals surface area contributed by atoms with Gasteiger partial charge in [0.15, 0.2) is 0 Å². The van der Waals surface area contributed by atoms with Crippen molar-refractivity contribution in [1.29, 1.82) is 0 Å². The number of amides is 1. The minimum absolute atomic E-state index is 0.0239. The summed E-state index contributed by atoms with van der Waals surface area (Å²) in [5.74, 6) is 0.644. The minimum Gasteiger partial charge on any atom is -0.310 e. The van der Waals surface area contributed by atoms with E-state index in [4.69, 9.17) is 0 Å². The number of benzene rings is 1. The fourth-order valence-corrected chi connectivity index (χ4v) is 5.85. The van der Waals surface area contributed by atoms with Crippen molar-refractivity contribution in [3.05, 3.63) is 42.4 Å². The second-order valence-electron chi connectivity index (χ2n) is 10.9. The van der Waals surface area contributed by atoms with Gasteiger partial charge < -0.3 is 5.32 Å². The molecule has 3 aromatic rings. The van der Waals surface area contributed by atoms with Crippen molar-refractivity contribution in [2.45, 2.75) is 51.5 Å². The molecule has 7 heteroatoms. The van der Waals surface area contributed by atoms with E-state index in [2.05, 4.69) is 43.4 Å². The molecule has 7 nitrogen and oxygen atoms in total. The quantitative estimate of drug-likeness (QED) is 0.575. The molecule has 1 N–H and O–H groups in total. The summed E-state index contributed by atoms with van der Waals surface area (Å²) in [5, 5.41) is 9.76. The molecule has 0 unspecified atom stereocenters. The molecule has 1 aliphatic carbocycles. The second-order valence-corrected chi connectivity index (χ2v) is 10.9. The molecule has 3 aliphatic rings. The number of rotatable bonds is 6. The summed E-state index contributed by atoms with van der Waals surface area (Å²) in [6.45, 7) is 5.77. The number of anilines is 1. The Balaban J connectivity index is 1.16. The number of aryl methyl sites for hydroxylation is 1. The minimum atomic E-state index is 0.0239. The van der Waals surface area contributed by atoms with Crippen LogP contribution in [0, 0.1) is 5.41 Å². The number of hydrogen-bond donors (Lipinski definition) is 1. The average molecular weight is 473 g/mol. The van der Waals surface area contributed by atoms with Gasteiger partial charge in [-0.25, -0.2) is 4.98 Å². The van der Waals surface area contributed by atoms with Crippen molar-refractivity contribution >= 4 is 22.5 Å². The number of aromatic nitrogens is 3. The van der Waals surface area contributed by atoms with E-state index in [-0.39, 0.29) is 5.91 Å². The third kappa shape index (κ3) is 4.98. The van der Waals surface area contributed by atoms with Crippen LogP contribution in [0.3, 0.4) is 0 Å². The van der Waals surface area contributed by atoms with Crippen LogP contribution in [0.1, 0.15) is 50.6 Å². The molecule has 1 saturated carbocycles. The van der Waals surface area contributed by atoms with Gasteiger partial charge >= 0.3 is 0 Å². The molecular formula is C28H36N6O. The van der Waals surface area contributed by atoms with Gasteiger partial charge in [0, 0.05) is 30.7 Å². The van der Waals surface area contributed by atoms with E-state index in [0.29, 0.717) is 17.8 Å². The monoisotopic (exact) mass is 472 g/mol. The van der Waals surface area contributed by atoms with Crippen LogP contribution in [0.15, 0.2) is 36.7 Å². The zero-order valence-electron chi connectivity index (χ0n) is 20.8. The molecular weight excluding hydrogens is 436 g/mol. The van der Waals surface area contributed by atoms with Crippen molar-refractivity contribution in [3.8, 4) is 11.1 Å². The highest BCUT2D eigenvalue weighted by Crippen LogP contribution is 2.53. The first-order chi connectivity index (χ1) is 17.1. The topological polar surface area (TPSA) is 66.3 Å². The molecule has 184 valence electrons. The largest absolute Gasteiger partial charge is 0.310 e. The molecule has 0 bridgehead atoms. The molecule has 0 radical (unpaired) electrons. The lowest BCUT2D eigenvalue weighted by molar-refractivity contribution is -0.117. The molecule has 6 rings (SSSR count). The van der Waals surface area contributed by atoms with Gasteiger partial charge in [0.2, 0.25) is 5.91 Å². The van der Waals surface area contributed by atoms with Crippen molar-refractivity contribution in [2.75, 3.05) is 38.0 Å². The second kappa shape index (κ2) is 9.36. The fraction of sp³-hybridized carbons (Fsp3) is 0.536. The van der Waals surface area contributed by atoms with Crippen LogP contribution in [-0.4, -0.2) is 63.2 Å². The van der Waals surface area contributed by atoms with Crippen LogP contribution >= 0.6 is 0 Å². The van der Waals surface area contributed by atoms with Gasteiger partial charge in [-0.05, 0) is 93.2 Å². The molecule has 1 spiro atoms. The Morgan fingerprint density at radius 1 is 0.943 bits per heavy atom. The lowest BCUT2D eigenvalue weighted by Crippen LogP contribution is -2.39. The zero-order chi connectivity index (χ0) is 23.8. The summed E-state index contributed by atoms with van der Waals surface area (Å²) in [7, 11) is 2.04. The molecule has 2 aliphatic heterocycles. The number of pyridine rings is 1. The molecule has 35 heavy (non-hydrogen) atoms. The normalized spacial score (nSPS) is 20.4. The maximum atomic E-state index is 12.7. The SMILES string of the molecule is Cn1ncc(-c2ccc3cnc(NC(=O)CN4CCC5(CC4)CC5)cc3c2)c1CN1CCCCC1. The number of carbonyl (C=O) groups excluding carboxylic acids is 1. The van der Waals surface area contributed by atoms with Crippen LogP contribution in [0.25, 0.3) is 21.9 Å². The summed E-state index contributed by atoms with van der Waals surface area (Å²) < 4.78 is 2.01. The highest BCUT2D eigenvalue weighted by Gasteiger charge is 2.44. The number of fused-ring (bicyclic) bond motifs is 1. The van der Waals surface area contributed by atoms with Gasteiger partial charge in [-0.1, -0.05) is 18.6 Å². The zero-order valence-corrected chi connectivity index (χ0v) is 20.8. The number of likely N-dealkylation sites (tertiary alicyclic amines) is 2. The van der Waals surface area contributed by atoms with Gasteiger partial charge in [-0.3, -0.25) is 19.3 Å². The molecule has 3 fully saturated rings. The first-order valence-electron chi connectivity index (χ1n) is 13.2. The maximum Gasteiger partial charge on any atom is 0.239 e. The Kier molecular flexibility index (Phi) is 6.06. The maximum absolute atomic E-state index is 12.7. The average Bonchev–Trinajstić information content (AvgIpc) is 3.54. The highest BCUT2D eigenvalue weighted by atomic mass is 16.2. The van der Waals surface area contributed by atoms with Crippen LogP contribution in [0.2, 0.25) is 0 Å². The fourth-order valence-electron chi connectivity index (χ4n) is 5.85. The Morgan fingerprint density at radius 2 is 1.74 bits per heavy atom. The molecule has 4 heterocycles. The summed E-state index contributed by atoms with van der Waals surface area (Å²) in [6, 6.07) is 8.46. The van der Waals surface area contributed by atoms with Crippen molar-refractivity contribution in [1.82, 2.24) is 24.6 Å². The molecule has 0 atom stereocenters. The summed E-state index contributed by atoms with van der Waals surface area (Å²) in [6.07, 6.45) is 13.0. The Labute approximate surface area is 207 Å². The van der Waals surface area contributed by atoms with Crippen LogP contribution < -0.4 is 5.32 Å². The Morgan fingerprint density at radius 3 is 2.51 bits per heavy atom. The van der Waals surface area contributed by atoms with E-state index in [1.807, 2.05) is 30.2 Å². The molecule has 1 amide bonds. The predicted octanol–water partition coefficient (Wildman–Crippen LogP) is 4.44. The van der Waals surface area contributed by atoms with Gasteiger partial charge in [-0.2, -0.15) is 5.10 Å². The summed E-state index contributed by atoms with van der Waals surface area (Å²) >= 11 is 0. The smallest absolute Gasteiger partial charge is 0.239 e. The number of nitrogens with zero attached hydrogens (tertiary/aromatic N) is 5. The van der Waals surface area contributed by atoms with Gasteiger partial charge in [-0.15, -0.1) is 0 Å². The van der Waals surface area contributed by atoms with E-state index >= 15 is 0 Å². The van der Waals surface area contributed by atoms with Crippen molar-refractivity contribution < 1.29 is 4.79 Å². The molecule has 2 saturated heterocycles. The van der Waals surface area contributed by atoms with E-state index in [1.54, 1.807) is 0 Å². The number of nitrogens with one attached hydrogen (secondary N) is 1. The molecule has 1 aromatic carbocycles. The Hall–Kier alpha value is -2.77. The van der Waals surface area contributed by atoms with E-state index < -0.39 is 0 Å². The van der Waals surface area contributed by atoms with E-state index in [9.17, 15) is 4.79 Å². The number of hydrogen-bond acceptors (Lipinski definition) is 5. The van der Waals surface area contributed by atoms with Gasteiger partial charge in [0.05, 0.1) is 18.4 Å². The van der Waals surface area contributed by atoms with E-state index in [0.717, 1.165) is 49.1 Å². The van der Waals surface area contributed by atoms with Gasteiger partial charge in [0.1, 0.15) is 5.82 Å². The van der Waals surface area contributed by atoms with Gasteiger partial charge in [0.25, 0.3) is 0 Å². The Bertz CT molecular complexity index is 1210. The van der Waals surface area contributed by atoms with Crippen molar-refractivity contribution in [3.63, 3.8) is 0 Å². The third-order valence-electron chi connectivity index (χ3n) is 8.42. The standard InChI is InChI=1S/C28H36N6O/c1-32-25(19-33-11-3-2-4-12-33)24(18-30-32)21-5-6-22-17-29-26(16-23(22)15-21)31-27(35)20-34-13-9-28(7-8-28)10-14-34/h5-6,15-18H,2-4,7-14,19-20H2,1H3,(H,29,31,35). The first kappa shape index (κ1) is 22.7. The van der Waals surface area contributed by atoms with E-state index in [1.165, 1.54) is 56.2 Å². The van der Waals surface area contributed by atoms with Crippen LogP contribution in [0.5, 0.6) is 0 Å². The van der Waals surface area contributed by atoms with Crippen LogP contribution in [-0.2, 0) is 18.4 Å². The molecule has 2 aromatic heterocycles.